The monoisotopic (exact) mass is 414 g/mol. The van der Waals surface area contributed by atoms with E-state index in [9.17, 15) is 13.2 Å². The van der Waals surface area contributed by atoms with Crippen LogP contribution in [-0.2, 0) is 10.0 Å². The van der Waals surface area contributed by atoms with Crippen LogP contribution in [0, 0.1) is 34.6 Å². The summed E-state index contributed by atoms with van der Waals surface area (Å²) in [5, 5.41) is 2.93. The topological polar surface area (TPSA) is 66.5 Å². The van der Waals surface area contributed by atoms with Crippen LogP contribution in [-0.4, -0.2) is 37.8 Å². The van der Waals surface area contributed by atoms with Gasteiger partial charge in [0.2, 0.25) is 10.0 Å². The number of nitrogens with one attached hydrogen (secondary N) is 1. The standard InChI is InChI=1S/C23H30N2O3S/c1-15-11-18(4)22(19(5)12-15)29(27,28)25-10-6-7-21(25)14-24-23(26)20-9-8-16(2)17(3)13-20/h8-9,11-13,21H,6-7,10,14H2,1-5H3,(H,24,26)/t21-/m1/s1. The summed E-state index contributed by atoms with van der Waals surface area (Å²) in [4.78, 5) is 13.0. The van der Waals surface area contributed by atoms with Gasteiger partial charge in [0.05, 0.1) is 4.90 Å². The summed E-state index contributed by atoms with van der Waals surface area (Å²) in [6.45, 7) is 10.4. The van der Waals surface area contributed by atoms with Gasteiger partial charge < -0.3 is 5.32 Å². The Morgan fingerprint density at radius 3 is 2.28 bits per heavy atom. The van der Waals surface area contributed by atoms with Crippen LogP contribution in [0.2, 0.25) is 0 Å². The molecule has 0 aliphatic carbocycles. The predicted molar refractivity (Wildman–Crippen MR) is 116 cm³/mol. The molecule has 0 aromatic heterocycles. The number of aryl methyl sites for hydroxylation is 5. The minimum absolute atomic E-state index is 0.167. The third kappa shape index (κ3) is 4.38. The Balaban J connectivity index is 1.78. The molecule has 2 aromatic rings. The lowest BCUT2D eigenvalue weighted by Crippen LogP contribution is -2.43. The van der Waals surface area contributed by atoms with Crippen molar-refractivity contribution in [3.8, 4) is 0 Å². The Hall–Kier alpha value is -2.18. The number of carbonyl (C=O) groups excluding carboxylic acids is 1. The predicted octanol–water partition coefficient (Wildman–Crippen LogP) is 3.81. The van der Waals surface area contributed by atoms with Crippen LogP contribution in [0.25, 0.3) is 0 Å². The first-order valence-corrected chi connectivity index (χ1v) is 11.5. The average molecular weight is 415 g/mol. The molecular formula is C23H30N2O3S. The van der Waals surface area contributed by atoms with Crippen molar-refractivity contribution in [3.05, 3.63) is 63.7 Å². The van der Waals surface area contributed by atoms with Gasteiger partial charge in [-0.2, -0.15) is 4.31 Å². The highest BCUT2D eigenvalue weighted by Crippen LogP contribution is 2.30. The van der Waals surface area contributed by atoms with Crippen LogP contribution in [0.1, 0.15) is 51.0 Å². The molecule has 1 saturated heterocycles. The number of sulfonamides is 1. The maximum absolute atomic E-state index is 13.4. The molecule has 1 N–H and O–H groups in total. The smallest absolute Gasteiger partial charge is 0.251 e. The van der Waals surface area contributed by atoms with E-state index in [0.29, 0.717) is 23.5 Å². The van der Waals surface area contributed by atoms with E-state index >= 15 is 0 Å². The lowest BCUT2D eigenvalue weighted by molar-refractivity contribution is 0.0946. The number of hydrogen-bond acceptors (Lipinski definition) is 3. The molecule has 0 saturated carbocycles. The Morgan fingerprint density at radius 1 is 1.00 bits per heavy atom. The molecule has 1 aliphatic heterocycles. The summed E-state index contributed by atoms with van der Waals surface area (Å²) < 4.78 is 28.4. The van der Waals surface area contributed by atoms with E-state index in [1.54, 1.807) is 10.4 Å². The summed E-state index contributed by atoms with van der Waals surface area (Å²) in [7, 11) is -3.61. The first-order chi connectivity index (χ1) is 13.6. The van der Waals surface area contributed by atoms with Crippen LogP contribution < -0.4 is 5.32 Å². The fraction of sp³-hybridized carbons (Fsp3) is 0.435. The largest absolute Gasteiger partial charge is 0.350 e. The maximum atomic E-state index is 13.4. The number of rotatable bonds is 5. The summed E-state index contributed by atoms with van der Waals surface area (Å²) in [5.41, 5.74) is 5.40. The molecule has 1 atom stereocenters. The van der Waals surface area contributed by atoms with Crippen molar-refractivity contribution in [1.29, 1.82) is 0 Å². The second-order valence-electron chi connectivity index (χ2n) is 8.15. The molecule has 1 heterocycles. The molecule has 0 bridgehead atoms. The first kappa shape index (κ1) is 21.5. The molecule has 156 valence electrons. The van der Waals surface area contributed by atoms with Gasteiger partial charge >= 0.3 is 0 Å². The second-order valence-corrected chi connectivity index (χ2v) is 9.98. The van der Waals surface area contributed by atoms with Crippen LogP contribution >= 0.6 is 0 Å². The van der Waals surface area contributed by atoms with Crippen molar-refractivity contribution in [1.82, 2.24) is 9.62 Å². The van der Waals surface area contributed by atoms with Gasteiger partial charge in [-0.15, -0.1) is 0 Å². The highest BCUT2D eigenvalue weighted by atomic mass is 32.2. The van der Waals surface area contributed by atoms with Crippen LogP contribution in [0.3, 0.4) is 0 Å². The zero-order valence-corrected chi connectivity index (χ0v) is 18.7. The highest BCUT2D eigenvalue weighted by molar-refractivity contribution is 7.89. The number of hydrogen-bond donors (Lipinski definition) is 1. The number of nitrogens with zero attached hydrogens (tertiary/aromatic N) is 1. The van der Waals surface area contributed by atoms with Gasteiger partial charge in [0, 0.05) is 24.7 Å². The third-order valence-electron chi connectivity index (χ3n) is 5.76. The molecule has 2 aromatic carbocycles. The van der Waals surface area contributed by atoms with Gasteiger partial charge in [0.25, 0.3) is 5.91 Å². The van der Waals surface area contributed by atoms with E-state index in [2.05, 4.69) is 5.32 Å². The Bertz CT molecular complexity index is 1020. The highest BCUT2D eigenvalue weighted by Gasteiger charge is 2.37. The lowest BCUT2D eigenvalue weighted by atomic mass is 10.1. The van der Waals surface area contributed by atoms with E-state index in [0.717, 1.165) is 40.7 Å². The quantitative estimate of drug-likeness (QED) is 0.809. The SMILES string of the molecule is Cc1cc(C)c(S(=O)(=O)N2CCC[C@@H]2CNC(=O)c2ccc(C)c(C)c2)c(C)c1. The maximum Gasteiger partial charge on any atom is 0.251 e. The fourth-order valence-corrected chi connectivity index (χ4v) is 6.32. The van der Waals surface area contributed by atoms with E-state index in [4.69, 9.17) is 0 Å². The summed E-state index contributed by atoms with van der Waals surface area (Å²) in [6, 6.07) is 9.20. The summed E-state index contributed by atoms with van der Waals surface area (Å²) in [5.74, 6) is -0.167. The fourth-order valence-electron chi connectivity index (χ4n) is 4.22. The summed E-state index contributed by atoms with van der Waals surface area (Å²) in [6.07, 6.45) is 1.55. The minimum atomic E-state index is -3.61. The number of carbonyl (C=O) groups is 1. The molecule has 5 nitrogen and oxygen atoms in total. The van der Waals surface area contributed by atoms with Crippen molar-refractivity contribution in [2.24, 2.45) is 0 Å². The molecule has 0 unspecified atom stereocenters. The molecule has 1 aliphatic rings. The van der Waals surface area contributed by atoms with Crippen molar-refractivity contribution in [2.75, 3.05) is 13.1 Å². The van der Waals surface area contributed by atoms with Gasteiger partial charge in [-0.05, 0) is 81.8 Å². The Labute approximate surface area is 174 Å². The van der Waals surface area contributed by atoms with Crippen molar-refractivity contribution in [3.63, 3.8) is 0 Å². The Morgan fingerprint density at radius 2 is 1.66 bits per heavy atom. The third-order valence-corrected chi connectivity index (χ3v) is 8.02. The second kappa shape index (κ2) is 8.28. The van der Waals surface area contributed by atoms with Crippen molar-refractivity contribution in [2.45, 2.75) is 58.4 Å². The van der Waals surface area contributed by atoms with E-state index in [1.165, 1.54) is 0 Å². The molecule has 3 rings (SSSR count). The Kier molecular flexibility index (Phi) is 6.15. The molecule has 6 heteroatoms. The molecule has 1 amide bonds. The lowest BCUT2D eigenvalue weighted by Gasteiger charge is -2.26. The molecule has 29 heavy (non-hydrogen) atoms. The molecule has 1 fully saturated rings. The zero-order chi connectivity index (χ0) is 21.3. The van der Waals surface area contributed by atoms with Crippen LogP contribution in [0.4, 0.5) is 0 Å². The van der Waals surface area contributed by atoms with Crippen LogP contribution in [0.15, 0.2) is 35.2 Å². The average Bonchev–Trinajstić information content (AvgIpc) is 3.10. The van der Waals surface area contributed by atoms with Gasteiger partial charge in [-0.1, -0.05) is 23.8 Å². The van der Waals surface area contributed by atoms with E-state index in [1.807, 2.05) is 58.9 Å². The van der Waals surface area contributed by atoms with Crippen molar-refractivity contribution < 1.29 is 13.2 Å². The number of amides is 1. The van der Waals surface area contributed by atoms with E-state index in [-0.39, 0.29) is 11.9 Å². The van der Waals surface area contributed by atoms with Gasteiger partial charge in [-0.25, -0.2) is 8.42 Å². The van der Waals surface area contributed by atoms with Gasteiger partial charge in [0.1, 0.15) is 0 Å². The zero-order valence-electron chi connectivity index (χ0n) is 17.9. The van der Waals surface area contributed by atoms with Crippen LogP contribution in [0.5, 0.6) is 0 Å². The normalized spacial score (nSPS) is 17.5. The summed E-state index contributed by atoms with van der Waals surface area (Å²) >= 11 is 0. The molecule has 0 spiro atoms. The molecular weight excluding hydrogens is 384 g/mol. The number of benzene rings is 2. The van der Waals surface area contributed by atoms with E-state index < -0.39 is 10.0 Å². The minimum Gasteiger partial charge on any atom is -0.350 e. The first-order valence-electron chi connectivity index (χ1n) is 10.1. The van der Waals surface area contributed by atoms with Crippen molar-refractivity contribution >= 4 is 15.9 Å². The molecule has 0 radical (unpaired) electrons. The van der Waals surface area contributed by atoms with Gasteiger partial charge in [0.15, 0.2) is 0 Å². The van der Waals surface area contributed by atoms with Gasteiger partial charge in [-0.3, -0.25) is 4.79 Å².